The van der Waals surface area contributed by atoms with E-state index in [0.717, 1.165) is 79.8 Å². The lowest BCUT2D eigenvalue weighted by Gasteiger charge is -2.48. The van der Waals surface area contributed by atoms with Crippen LogP contribution in [-0.4, -0.2) is 203 Å². The number of aliphatic hydroxyl groups excluding tert-OH is 6. The second-order valence-corrected chi connectivity index (χ2v) is 31.1. The van der Waals surface area contributed by atoms with Crippen LogP contribution in [-0.2, 0) is 63.9 Å². The molecule has 37 heteroatoms. The highest BCUT2D eigenvalue weighted by Crippen LogP contribution is 2.49. The van der Waals surface area contributed by atoms with E-state index < -0.39 is 232 Å². The van der Waals surface area contributed by atoms with E-state index in [1.165, 1.54) is 63.1 Å². The SMILES string of the molecule is CCCCCCCCOc1ccc(CNCC(=O)N[C@@]2(C)C[C@H](O[C@H]3[C@H](Oc4c5cc6cc4Oc4ccc(cc4Cl)[C@@H](O)[C@@H](NC(=O)[C@H](N)CC(C)C)C(=O)N[C@@H](CC(N)=O)C(=O)N[C@H]6C(=O)N[C@H]4C(=O)N[C@H](C(=O)N[C@H](C(=O)O)c6cc(O)cc(O)c6-c6cc4ccc6O)[C@H](O)c4ccc(cc4)O5)O[C@H](CO)[C@@H](O)[C@@H]3O)O[C@@H](C)[C@@H]2O)cc1. The van der Waals surface area contributed by atoms with Crippen molar-refractivity contribution in [2.45, 2.75) is 208 Å². The number of nitrogens with one attached hydrogen (secondary N) is 8. The molecule has 0 saturated carbocycles. The Morgan fingerprint density at radius 3 is 2.04 bits per heavy atom. The normalized spacial score (nSPS) is 26.7. The maximum atomic E-state index is 16.2. The monoisotopic (exact) mass is 1670 g/mol. The molecule has 0 radical (unpaired) electrons. The van der Waals surface area contributed by atoms with Crippen molar-refractivity contribution in [3.8, 4) is 62.9 Å². The van der Waals surface area contributed by atoms with Crippen LogP contribution in [0.2, 0.25) is 5.02 Å². The fourth-order valence-electron chi connectivity index (χ4n) is 14.8. The Hall–Kier alpha value is -11.0. The van der Waals surface area contributed by atoms with Crippen LogP contribution in [0.1, 0.15) is 156 Å². The van der Waals surface area contributed by atoms with Crippen LogP contribution in [0.5, 0.6) is 51.7 Å². The number of hydrogen-bond acceptors (Lipinski definition) is 27. The zero-order valence-corrected chi connectivity index (χ0v) is 66.3. The molecule has 0 aromatic heterocycles. The summed E-state index contributed by atoms with van der Waals surface area (Å²) in [5.74, 6) is -15.9. The first-order chi connectivity index (χ1) is 56.6. The molecule has 8 amide bonds. The summed E-state index contributed by atoms with van der Waals surface area (Å²) in [4.78, 5) is 131. The quantitative estimate of drug-likeness (QED) is 0.0366. The van der Waals surface area contributed by atoms with Gasteiger partial charge in [0.05, 0.1) is 48.9 Å². The van der Waals surface area contributed by atoms with Crippen molar-refractivity contribution in [3.63, 3.8) is 0 Å². The van der Waals surface area contributed by atoms with Gasteiger partial charge in [0.25, 0.3) is 0 Å². The molecule has 7 heterocycles. The predicted octanol–water partition coefficient (Wildman–Crippen LogP) is 2.88. The molecule has 0 unspecified atom stereocenters. The minimum Gasteiger partial charge on any atom is -0.508 e. The molecule has 0 aliphatic carbocycles. The number of carbonyl (C=O) groups is 9. The molecule has 22 N–H and O–H groups in total. The van der Waals surface area contributed by atoms with Crippen molar-refractivity contribution in [2.24, 2.45) is 17.4 Å². The van der Waals surface area contributed by atoms with Crippen LogP contribution in [0.3, 0.4) is 0 Å². The van der Waals surface area contributed by atoms with E-state index in [0.29, 0.717) is 12.4 Å². The number of fused-ring (bicyclic) bond motifs is 15. The lowest BCUT2D eigenvalue weighted by atomic mass is 9.85. The molecule has 36 nitrogen and oxygen atoms in total. The van der Waals surface area contributed by atoms with Crippen LogP contribution in [0.25, 0.3) is 11.1 Å². The molecular formula is C82H99ClN10O26. The number of primary amides is 1. The van der Waals surface area contributed by atoms with Gasteiger partial charge in [-0.15, -0.1) is 0 Å². The fourth-order valence-corrected chi connectivity index (χ4v) is 15.0. The zero-order valence-electron chi connectivity index (χ0n) is 65.5. The van der Waals surface area contributed by atoms with E-state index in [1.807, 2.05) is 24.3 Å². The number of hydrogen-bond donors (Lipinski definition) is 20. The van der Waals surface area contributed by atoms with Gasteiger partial charge in [0.2, 0.25) is 59.3 Å². The third-order valence-corrected chi connectivity index (χ3v) is 21.4. The van der Waals surface area contributed by atoms with E-state index in [-0.39, 0.29) is 65.1 Å². The molecule has 13 rings (SSSR count). The average molecular weight is 1680 g/mol. The topological polar surface area (TPSA) is 569 Å². The van der Waals surface area contributed by atoms with Gasteiger partial charge in [-0.2, -0.15) is 0 Å². The summed E-state index contributed by atoms with van der Waals surface area (Å²) in [7, 11) is 0. The van der Waals surface area contributed by atoms with Crippen LogP contribution < -0.4 is 72.9 Å². The van der Waals surface area contributed by atoms with Crippen molar-refractivity contribution in [3.05, 3.63) is 148 Å². The van der Waals surface area contributed by atoms with Gasteiger partial charge in [0.1, 0.15) is 101 Å². The van der Waals surface area contributed by atoms with E-state index in [9.17, 15) is 79.8 Å². The summed E-state index contributed by atoms with van der Waals surface area (Å²) in [5, 5.41) is 136. The number of unbranched alkanes of at least 4 members (excludes halogenated alkanes) is 5. The molecule has 640 valence electrons. The summed E-state index contributed by atoms with van der Waals surface area (Å²) in [5.41, 5.74) is 8.56. The van der Waals surface area contributed by atoms with Gasteiger partial charge in [-0.25, -0.2) is 4.79 Å². The number of amides is 8. The summed E-state index contributed by atoms with van der Waals surface area (Å²) in [6.07, 6.45) is -12.9. The Kier molecular flexibility index (Phi) is 29.0. The molecular weight excluding hydrogens is 1580 g/mol. The van der Waals surface area contributed by atoms with Gasteiger partial charge in [0.15, 0.2) is 29.9 Å². The van der Waals surface area contributed by atoms with E-state index in [2.05, 4.69) is 49.5 Å². The largest absolute Gasteiger partial charge is 0.508 e. The summed E-state index contributed by atoms with van der Waals surface area (Å²) in [6.45, 7) is 8.30. The van der Waals surface area contributed by atoms with Crippen molar-refractivity contribution in [2.75, 3.05) is 19.8 Å². The minimum atomic E-state index is -2.36. The minimum absolute atomic E-state index is 0.0663. The molecule has 11 bridgehead atoms. The van der Waals surface area contributed by atoms with Crippen molar-refractivity contribution < 1.29 is 127 Å². The Bertz CT molecular complexity index is 4720. The fraction of sp³-hybridized carbons (Fsp3) is 0.451. The van der Waals surface area contributed by atoms with Crippen molar-refractivity contribution in [1.29, 1.82) is 0 Å². The number of carboxylic acids is 1. The summed E-state index contributed by atoms with van der Waals surface area (Å²) < 4.78 is 45.1. The molecule has 7 aliphatic heterocycles. The van der Waals surface area contributed by atoms with Gasteiger partial charge in [-0.3, -0.25) is 38.4 Å². The highest BCUT2D eigenvalue weighted by molar-refractivity contribution is 6.32. The zero-order chi connectivity index (χ0) is 86.0. The molecule has 7 aliphatic rings. The third kappa shape index (κ3) is 21.2. The van der Waals surface area contributed by atoms with Gasteiger partial charge in [-0.05, 0) is 127 Å². The van der Waals surface area contributed by atoms with E-state index in [1.54, 1.807) is 13.8 Å². The second-order valence-electron chi connectivity index (χ2n) is 30.7. The maximum Gasteiger partial charge on any atom is 0.330 e. The Morgan fingerprint density at radius 1 is 0.697 bits per heavy atom. The lowest BCUT2D eigenvalue weighted by molar-refractivity contribution is -0.334. The number of phenols is 3. The number of benzene rings is 6. The van der Waals surface area contributed by atoms with Crippen molar-refractivity contribution in [1.82, 2.24) is 42.5 Å². The van der Waals surface area contributed by atoms with Gasteiger partial charge >= 0.3 is 5.97 Å². The number of phenolic OH excluding ortho intramolecular Hbond substituents is 3. The maximum absolute atomic E-state index is 16.2. The first-order valence-corrected chi connectivity index (χ1v) is 39.3. The Morgan fingerprint density at radius 2 is 1.36 bits per heavy atom. The smallest absolute Gasteiger partial charge is 0.330 e. The standard InChI is InChI=1S/C82H99ClN10O26/c1-6-7-8-9-10-11-24-113-45-18-12-39(13-19-45)34-86-35-59(99)93-82(5)33-60(114-38(4)73(82)104)118-72-70(103)69(102)57(36-94)117-81(72)119-71-55-28-43-29-56(71)116-54-23-17-42(27-49(54)83)68(101)66(91-74(105)50(84)25-37(2)3)78(109)87-51(32-58(85)98)75(106)88-63(43)77(108)89-62-41-16-22-52(96)47(26-41)61-48(30-44(95)31-53(61)97)64(80(111)112)90-79(110)65(92-76(62)107)67(100)40-14-20-46(115-55)21-15-40/h12-23,26-31,37-38,50-51,57,60,62-70,72-73,81,86,94-97,100-104H,6-11,24-25,32-36,84H2,1-5H3,(H2,85,98)(H,87,109)(H,88,106)(H,89,108)(H,90,110)(H,91,105)(H,92,107)(H,93,99)(H,111,112)/t38-,50+,51-,57+,60-,62+,63+,64-,65-,66+,67+,68+,69+,70-,72+,73-,81-,82-/m0/s1. The summed E-state index contributed by atoms with van der Waals surface area (Å²) in [6, 6.07) is 7.88. The van der Waals surface area contributed by atoms with Gasteiger partial charge in [-0.1, -0.05) is 101 Å². The number of carbonyl (C=O) groups excluding carboxylic acids is 8. The van der Waals surface area contributed by atoms with Crippen molar-refractivity contribution >= 4 is 64.8 Å². The van der Waals surface area contributed by atoms with Crippen LogP contribution in [0.15, 0.2) is 109 Å². The van der Waals surface area contributed by atoms with E-state index in [4.69, 9.17) is 56.2 Å². The molecule has 2 fully saturated rings. The van der Waals surface area contributed by atoms with Gasteiger partial charge < -0.3 is 138 Å². The number of nitrogens with two attached hydrogens (primary N) is 2. The molecule has 2 saturated heterocycles. The number of aliphatic carboxylic acids is 1. The molecule has 0 spiro atoms. The van der Waals surface area contributed by atoms with E-state index >= 15 is 14.4 Å². The second kappa shape index (κ2) is 38.8. The molecule has 119 heavy (non-hydrogen) atoms. The number of aromatic hydroxyl groups is 3. The predicted molar refractivity (Wildman–Crippen MR) is 420 cm³/mol. The highest BCUT2D eigenvalue weighted by atomic mass is 35.5. The van der Waals surface area contributed by atoms with Gasteiger partial charge in [0, 0.05) is 35.7 Å². The Balaban J connectivity index is 1.03. The summed E-state index contributed by atoms with van der Waals surface area (Å²) >= 11 is 7.12. The highest BCUT2D eigenvalue weighted by Gasteiger charge is 2.53. The first-order valence-electron chi connectivity index (χ1n) is 38.9. The van der Waals surface area contributed by atoms with Crippen LogP contribution in [0, 0.1) is 5.92 Å². The number of aliphatic hydroxyl groups is 6. The first kappa shape index (κ1) is 88.8. The number of ether oxygens (including phenoxy) is 7. The molecule has 18 atom stereocenters. The average Bonchev–Trinajstić information content (AvgIpc) is 0.753. The lowest BCUT2D eigenvalue weighted by Crippen LogP contribution is -2.66. The Labute approximate surface area is 687 Å². The number of rotatable bonds is 25. The van der Waals surface area contributed by atoms with Crippen LogP contribution in [0.4, 0.5) is 0 Å². The van der Waals surface area contributed by atoms with Crippen LogP contribution >= 0.6 is 11.6 Å². The molecule has 6 aromatic carbocycles. The number of carboxylic acid groups (broad SMARTS) is 1. The third-order valence-electron chi connectivity index (χ3n) is 21.1. The molecule has 6 aromatic rings. The number of halogens is 1.